The third-order valence-corrected chi connectivity index (χ3v) is 4.65. The van der Waals surface area contributed by atoms with E-state index in [1.807, 2.05) is 20.8 Å². The number of rotatable bonds is 5. The van der Waals surface area contributed by atoms with Gasteiger partial charge in [0.1, 0.15) is 5.56 Å². The molecule has 0 unspecified atom stereocenters. The van der Waals surface area contributed by atoms with Crippen molar-refractivity contribution in [2.45, 2.75) is 44.9 Å². The lowest BCUT2D eigenvalue weighted by molar-refractivity contribution is 0.102. The Labute approximate surface area is 141 Å². The lowest BCUT2D eigenvalue weighted by Gasteiger charge is -2.11. The molecule has 0 radical (unpaired) electrons. The highest BCUT2D eigenvalue weighted by atomic mass is 32.2. The van der Waals surface area contributed by atoms with Gasteiger partial charge in [-0.1, -0.05) is 32.0 Å². The van der Waals surface area contributed by atoms with Gasteiger partial charge in [-0.15, -0.1) is 0 Å². The predicted octanol–water partition coefficient (Wildman–Crippen LogP) is 2.57. The first-order chi connectivity index (χ1) is 11.1. The molecule has 0 aliphatic heterocycles. The van der Waals surface area contributed by atoms with E-state index in [-0.39, 0.29) is 10.8 Å². The van der Waals surface area contributed by atoms with Crippen molar-refractivity contribution in [2.75, 3.05) is 5.32 Å². The number of sulfonamides is 1. The highest BCUT2D eigenvalue weighted by Crippen LogP contribution is 2.25. The third-order valence-electron chi connectivity index (χ3n) is 3.65. The van der Waals surface area contributed by atoms with Gasteiger partial charge in [-0.3, -0.25) is 4.79 Å². The molecule has 1 amide bonds. The largest absolute Gasteiger partial charge is 0.360 e. The molecule has 2 aromatic rings. The fourth-order valence-electron chi connectivity index (χ4n) is 2.44. The summed E-state index contributed by atoms with van der Waals surface area (Å²) in [5, 5.41) is 11.8. The maximum absolute atomic E-state index is 12.5. The van der Waals surface area contributed by atoms with Crippen LogP contribution in [0.5, 0.6) is 0 Å². The van der Waals surface area contributed by atoms with Crippen molar-refractivity contribution in [2.24, 2.45) is 5.14 Å². The summed E-state index contributed by atoms with van der Waals surface area (Å²) in [6, 6.07) is 4.65. The van der Waals surface area contributed by atoms with Gasteiger partial charge in [-0.25, -0.2) is 13.6 Å². The smallest absolute Gasteiger partial charge is 0.261 e. The molecule has 0 aliphatic rings. The molecule has 0 saturated carbocycles. The number of aryl methyl sites for hydroxylation is 2. The molecule has 24 heavy (non-hydrogen) atoms. The van der Waals surface area contributed by atoms with E-state index in [0.717, 1.165) is 0 Å². The van der Waals surface area contributed by atoms with Crippen LogP contribution in [0.25, 0.3) is 0 Å². The van der Waals surface area contributed by atoms with Gasteiger partial charge in [0, 0.05) is 11.6 Å². The van der Waals surface area contributed by atoms with E-state index in [4.69, 9.17) is 9.66 Å². The van der Waals surface area contributed by atoms with E-state index >= 15 is 0 Å². The molecule has 0 spiro atoms. The quantitative estimate of drug-likeness (QED) is 0.859. The van der Waals surface area contributed by atoms with Crippen LogP contribution in [0.3, 0.4) is 0 Å². The molecule has 7 nitrogen and oxygen atoms in total. The average Bonchev–Trinajstić information content (AvgIpc) is 2.88. The normalized spacial score (nSPS) is 11.8. The van der Waals surface area contributed by atoms with Crippen LogP contribution < -0.4 is 10.5 Å². The number of anilines is 1. The first-order valence-electron chi connectivity index (χ1n) is 7.58. The van der Waals surface area contributed by atoms with E-state index in [9.17, 15) is 13.2 Å². The molecule has 0 fully saturated rings. The fourth-order valence-corrected chi connectivity index (χ4v) is 3.31. The number of benzene rings is 1. The summed E-state index contributed by atoms with van der Waals surface area (Å²) < 4.78 is 28.6. The van der Waals surface area contributed by atoms with Crippen LogP contribution in [0, 0.1) is 6.92 Å². The Morgan fingerprint density at radius 1 is 1.38 bits per heavy atom. The van der Waals surface area contributed by atoms with Crippen molar-refractivity contribution in [1.29, 1.82) is 0 Å². The van der Waals surface area contributed by atoms with Gasteiger partial charge >= 0.3 is 0 Å². The number of amides is 1. The first kappa shape index (κ1) is 18.2. The zero-order chi connectivity index (χ0) is 18.1. The topological polar surface area (TPSA) is 115 Å². The standard InChI is InChI=1S/C16H21N3O4S/c1-5-11-6-7-12(8-13(11)24(17,21)22)18-16(20)14-10(4)19-23-15(14)9(2)3/h6-9H,5H2,1-4H3,(H,18,20)(H2,17,21,22). The summed E-state index contributed by atoms with van der Waals surface area (Å²) >= 11 is 0. The molecule has 1 aromatic carbocycles. The Morgan fingerprint density at radius 2 is 2.04 bits per heavy atom. The second-order valence-corrected chi connectivity index (χ2v) is 7.37. The number of aromatic nitrogens is 1. The second kappa shape index (κ2) is 6.74. The number of primary sulfonamides is 1. The van der Waals surface area contributed by atoms with Gasteiger partial charge in [-0.05, 0) is 31.0 Å². The molecule has 2 rings (SSSR count). The molecule has 1 heterocycles. The van der Waals surface area contributed by atoms with Crippen LogP contribution >= 0.6 is 0 Å². The second-order valence-electron chi connectivity index (χ2n) is 5.84. The van der Waals surface area contributed by atoms with Crippen LogP contribution in [0.1, 0.15) is 54.1 Å². The summed E-state index contributed by atoms with van der Waals surface area (Å²) in [7, 11) is -3.87. The lowest BCUT2D eigenvalue weighted by atomic mass is 10.0. The maximum Gasteiger partial charge on any atom is 0.261 e. The highest BCUT2D eigenvalue weighted by Gasteiger charge is 2.23. The minimum absolute atomic E-state index is 0.00519. The highest BCUT2D eigenvalue weighted by molar-refractivity contribution is 7.89. The number of hydrogen-bond donors (Lipinski definition) is 2. The molecule has 3 N–H and O–H groups in total. The van der Waals surface area contributed by atoms with Crippen LogP contribution in [0.4, 0.5) is 5.69 Å². The minimum atomic E-state index is -3.87. The third kappa shape index (κ3) is 3.65. The SMILES string of the molecule is CCc1ccc(NC(=O)c2c(C)noc2C(C)C)cc1S(N)(=O)=O. The van der Waals surface area contributed by atoms with Gasteiger partial charge in [0.05, 0.1) is 10.6 Å². The van der Waals surface area contributed by atoms with Crippen molar-refractivity contribution >= 4 is 21.6 Å². The van der Waals surface area contributed by atoms with Crippen LogP contribution in [0.15, 0.2) is 27.6 Å². The summed E-state index contributed by atoms with van der Waals surface area (Å²) in [5.41, 5.74) is 1.78. The zero-order valence-electron chi connectivity index (χ0n) is 14.1. The average molecular weight is 351 g/mol. The van der Waals surface area contributed by atoms with Crippen molar-refractivity contribution in [1.82, 2.24) is 5.16 Å². The molecular weight excluding hydrogens is 330 g/mol. The summed E-state index contributed by atoms with van der Waals surface area (Å²) in [5.74, 6) is 0.0818. The van der Waals surface area contributed by atoms with Gasteiger partial charge in [-0.2, -0.15) is 0 Å². The van der Waals surface area contributed by atoms with Gasteiger partial charge < -0.3 is 9.84 Å². The molecular formula is C16H21N3O4S. The van der Waals surface area contributed by atoms with Gasteiger partial charge in [0.2, 0.25) is 10.0 Å². The van der Waals surface area contributed by atoms with E-state index < -0.39 is 15.9 Å². The van der Waals surface area contributed by atoms with E-state index in [2.05, 4.69) is 10.5 Å². The first-order valence-corrected chi connectivity index (χ1v) is 9.13. The zero-order valence-corrected chi connectivity index (χ0v) is 14.9. The van der Waals surface area contributed by atoms with Crippen LogP contribution in [0.2, 0.25) is 0 Å². The van der Waals surface area contributed by atoms with E-state index in [0.29, 0.717) is 34.7 Å². The van der Waals surface area contributed by atoms with Crippen molar-refractivity contribution in [3.8, 4) is 0 Å². The maximum atomic E-state index is 12.5. The number of nitrogens with zero attached hydrogens (tertiary/aromatic N) is 1. The number of carbonyl (C=O) groups excluding carboxylic acids is 1. The Morgan fingerprint density at radius 3 is 2.58 bits per heavy atom. The van der Waals surface area contributed by atoms with Crippen LogP contribution in [-0.4, -0.2) is 19.5 Å². The Hall–Kier alpha value is -2.19. The predicted molar refractivity (Wildman–Crippen MR) is 90.5 cm³/mol. The molecule has 0 saturated heterocycles. The molecule has 1 aromatic heterocycles. The number of carbonyl (C=O) groups is 1. The number of hydrogen-bond acceptors (Lipinski definition) is 5. The summed E-state index contributed by atoms with van der Waals surface area (Å²) in [6.45, 7) is 7.30. The van der Waals surface area contributed by atoms with Crippen LogP contribution in [-0.2, 0) is 16.4 Å². The van der Waals surface area contributed by atoms with E-state index in [1.54, 1.807) is 19.1 Å². The molecule has 0 bridgehead atoms. The minimum Gasteiger partial charge on any atom is -0.360 e. The number of nitrogens with two attached hydrogens (primary N) is 1. The molecule has 8 heteroatoms. The summed E-state index contributed by atoms with van der Waals surface area (Å²) in [4.78, 5) is 12.6. The molecule has 0 atom stereocenters. The van der Waals surface area contributed by atoms with Gasteiger partial charge in [0.15, 0.2) is 5.76 Å². The Bertz CT molecular complexity index is 869. The monoisotopic (exact) mass is 351 g/mol. The van der Waals surface area contributed by atoms with E-state index in [1.165, 1.54) is 6.07 Å². The van der Waals surface area contributed by atoms with Crippen molar-refractivity contribution in [3.05, 3.63) is 40.8 Å². The lowest BCUT2D eigenvalue weighted by Crippen LogP contribution is -2.17. The Balaban J connectivity index is 2.39. The molecule has 0 aliphatic carbocycles. The van der Waals surface area contributed by atoms with Crippen molar-refractivity contribution in [3.63, 3.8) is 0 Å². The summed E-state index contributed by atoms with van der Waals surface area (Å²) in [6.07, 6.45) is 0.516. The number of nitrogens with one attached hydrogen (secondary N) is 1. The fraction of sp³-hybridized carbons (Fsp3) is 0.375. The van der Waals surface area contributed by atoms with Gasteiger partial charge in [0.25, 0.3) is 5.91 Å². The Kier molecular flexibility index (Phi) is 5.10. The van der Waals surface area contributed by atoms with Crippen molar-refractivity contribution < 1.29 is 17.7 Å². The molecule has 130 valence electrons.